The highest BCUT2D eigenvalue weighted by molar-refractivity contribution is 5.46. The lowest BCUT2D eigenvalue weighted by atomic mass is 10.3. The standard InChI is InChI=1S/2C11H13N3O.CH4/c1-8-4-11(15-3)10(5-12-8)14-6-9(2)13-7-14;1-8-4-5-10(11(13-8)15-3)14-6-9(2)12-7-14;/h2*4-7H,1-3H3;1H4. The van der Waals surface area contributed by atoms with Crippen molar-refractivity contribution >= 4 is 0 Å². The second-order valence-electron chi connectivity index (χ2n) is 6.82. The molecule has 4 rings (SSSR count). The monoisotopic (exact) mass is 422 g/mol. The lowest BCUT2D eigenvalue weighted by Crippen LogP contribution is -1.98. The van der Waals surface area contributed by atoms with Crippen molar-refractivity contribution < 1.29 is 9.47 Å². The Morgan fingerprint density at radius 2 is 1.32 bits per heavy atom. The van der Waals surface area contributed by atoms with E-state index < -0.39 is 0 Å². The highest BCUT2D eigenvalue weighted by atomic mass is 16.5. The number of aryl methyl sites for hydroxylation is 4. The van der Waals surface area contributed by atoms with Crippen LogP contribution in [0.2, 0.25) is 0 Å². The Bertz CT molecular complexity index is 1040. The molecule has 0 saturated carbocycles. The zero-order valence-corrected chi connectivity index (χ0v) is 18.1. The summed E-state index contributed by atoms with van der Waals surface area (Å²) in [6.45, 7) is 7.77. The van der Waals surface area contributed by atoms with Crippen LogP contribution in [0.1, 0.15) is 30.2 Å². The van der Waals surface area contributed by atoms with Gasteiger partial charge in [-0.1, -0.05) is 7.43 Å². The van der Waals surface area contributed by atoms with E-state index in [0.29, 0.717) is 5.88 Å². The summed E-state index contributed by atoms with van der Waals surface area (Å²) >= 11 is 0. The molecular weight excluding hydrogens is 392 g/mol. The van der Waals surface area contributed by atoms with Gasteiger partial charge in [-0.15, -0.1) is 0 Å². The van der Waals surface area contributed by atoms with Gasteiger partial charge in [0.25, 0.3) is 0 Å². The van der Waals surface area contributed by atoms with E-state index in [1.807, 2.05) is 67.4 Å². The molecular formula is C23H30N6O2. The molecule has 4 heterocycles. The van der Waals surface area contributed by atoms with Crippen molar-refractivity contribution in [3.8, 4) is 23.0 Å². The molecule has 0 aliphatic rings. The van der Waals surface area contributed by atoms with E-state index in [1.165, 1.54) is 0 Å². The highest BCUT2D eigenvalue weighted by Gasteiger charge is 2.07. The van der Waals surface area contributed by atoms with Gasteiger partial charge in [0.15, 0.2) is 0 Å². The summed E-state index contributed by atoms with van der Waals surface area (Å²) in [6.07, 6.45) is 9.17. The van der Waals surface area contributed by atoms with Crippen LogP contribution in [0.5, 0.6) is 11.6 Å². The fourth-order valence-electron chi connectivity index (χ4n) is 2.86. The van der Waals surface area contributed by atoms with Gasteiger partial charge >= 0.3 is 0 Å². The van der Waals surface area contributed by atoms with Crippen molar-refractivity contribution in [2.75, 3.05) is 14.2 Å². The number of aromatic nitrogens is 6. The first kappa shape index (κ1) is 23.6. The van der Waals surface area contributed by atoms with Gasteiger partial charge in [0.1, 0.15) is 17.1 Å². The lowest BCUT2D eigenvalue weighted by Gasteiger charge is -2.08. The first-order valence-electron chi connectivity index (χ1n) is 9.45. The average molecular weight is 423 g/mol. The van der Waals surface area contributed by atoms with Gasteiger partial charge in [-0.3, -0.25) is 4.98 Å². The zero-order valence-electron chi connectivity index (χ0n) is 18.1. The second-order valence-corrected chi connectivity index (χ2v) is 6.82. The van der Waals surface area contributed by atoms with Crippen molar-refractivity contribution in [2.45, 2.75) is 35.1 Å². The van der Waals surface area contributed by atoms with Crippen LogP contribution in [0.15, 0.2) is 49.4 Å². The number of hydrogen-bond acceptors (Lipinski definition) is 6. The summed E-state index contributed by atoms with van der Waals surface area (Å²) in [7, 11) is 3.27. The van der Waals surface area contributed by atoms with E-state index in [1.54, 1.807) is 33.1 Å². The van der Waals surface area contributed by atoms with Gasteiger partial charge in [0.2, 0.25) is 5.88 Å². The van der Waals surface area contributed by atoms with Crippen LogP contribution >= 0.6 is 0 Å². The molecule has 8 nitrogen and oxygen atoms in total. The molecule has 0 unspecified atom stereocenters. The Kier molecular flexibility index (Phi) is 7.90. The predicted octanol–water partition coefficient (Wildman–Crippen LogP) is 4.42. The Morgan fingerprint density at radius 3 is 1.84 bits per heavy atom. The number of methoxy groups -OCH3 is 2. The minimum Gasteiger partial charge on any atom is -0.494 e. The maximum atomic E-state index is 5.30. The summed E-state index contributed by atoms with van der Waals surface area (Å²) in [5.74, 6) is 1.42. The number of hydrogen-bond donors (Lipinski definition) is 0. The van der Waals surface area contributed by atoms with Gasteiger partial charge in [-0.05, 0) is 39.8 Å². The van der Waals surface area contributed by atoms with E-state index >= 15 is 0 Å². The van der Waals surface area contributed by atoms with Crippen LogP contribution in [0.4, 0.5) is 0 Å². The summed E-state index contributed by atoms with van der Waals surface area (Å²) in [6, 6.07) is 5.83. The third-order valence-electron chi connectivity index (χ3n) is 4.36. The molecule has 0 aromatic carbocycles. The third kappa shape index (κ3) is 5.69. The largest absolute Gasteiger partial charge is 0.494 e. The molecule has 0 amide bonds. The summed E-state index contributed by atoms with van der Waals surface area (Å²) < 4.78 is 14.3. The van der Waals surface area contributed by atoms with Gasteiger partial charge in [-0.2, -0.15) is 0 Å². The summed E-state index contributed by atoms with van der Waals surface area (Å²) in [5.41, 5.74) is 5.63. The quantitative estimate of drug-likeness (QED) is 0.484. The van der Waals surface area contributed by atoms with Crippen LogP contribution in [0.3, 0.4) is 0 Å². The van der Waals surface area contributed by atoms with Crippen molar-refractivity contribution in [2.24, 2.45) is 0 Å². The van der Waals surface area contributed by atoms with Crippen molar-refractivity contribution in [1.29, 1.82) is 0 Å². The van der Waals surface area contributed by atoms with Crippen molar-refractivity contribution in [1.82, 2.24) is 29.1 Å². The fourth-order valence-corrected chi connectivity index (χ4v) is 2.86. The summed E-state index contributed by atoms with van der Waals surface area (Å²) in [4.78, 5) is 16.9. The lowest BCUT2D eigenvalue weighted by molar-refractivity contribution is 0.395. The molecule has 8 heteroatoms. The van der Waals surface area contributed by atoms with E-state index in [0.717, 1.165) is 39.9 Å². The van der Waals surface area contributed by atoms with E-state index in [-0.39, 0.29) is 7.43 Å². The number of rotatable bonds is 4. The number of imidazole rings is 2. The topological polar surface area (TPSA) is 79.9 Å². The molecule has 31 heavy (non-hydrogen) atoms. The van der Waals surface area contributed by atoms with Gasteiger partial charge in [-0.25, -0.2) is 15.0 Å². The first-order valence-corrected chi connectivity index (χ1v) is 9.45. The zero-order chi connectivity index (χ0) is 21.7. The van der Waals surface area contributed by atoms with Gasteiger partial charge < -0.3 is 18.6 Å². The molecule has 0 spiro atoms. The maximum Gasteiger partial charge on any atom is 0.238 e. The minimum atomic E-state index is 0. The Hall–Kier alpha value is -3.68. The molecule has 0 aliphatic carbocycles. The molecule has 164 valence electrons. The van der Waals surface area contributed by atoms with Crippen molar-refractivity contribution in [3.63, 3.8) is 0 Å². The van der Waals surface area contributed by atoms with Crippen LogP contribution in [0.25, 0.3) is 11.4 Å². The van der Waals surface area contributed by atoms with Crippen LogP contribution in [0, 0.1) is 27.7 Å². The SMILES string of the molecule is C.COc1cc(C)ncc1-n1cnc(C)c1.COc1nc(C)ccc1-n1cnc(C)c1. The van der Waals surface area contributed by atoms with Crippen molar-refractivity contribution in [3.05, 3.63) is 72.2 Å². The molecule has 0 saturated heterocycles. The van der Waals surface area contributed by atoms with Gasteiger partial charge in [0.05, 0.1) is 44.5 Å². The molecule has 0 radical (unpaired) electrons. The first-order chi connectivity index (χ1) is 14.4. The van der Waals surface area contributed by atoms with Crippen LogP contribution in [-0.2, 0) is 0 Å². The number of pyridine rings is 2. The number of nitrogens with zero attached hydrogens (tertiary/aromatic N) is 6. The normalized spacial score (nSPS) is 10.0. The minimum absolute atomic E-state index is 0. The Morgan fingerprint density at radius 1 is 0.710 bits per heavy atom. The molecule has 0 atom stereocenters. The third-order valence-corrected chi connectivity index (χ3v) is 4.36. The molecule has 0 aliphatic heterocycles. The molecule has 0 bridgehead atoms. The number of ether oxygens (including phenoxy) is 2. The maximum absolute atomic E-state index is 5.30. The Balaban J connectivity index is 0.000000213. The molecule has 0 fully saturated rings. The highest BCUT2D eigenvalue weighted by Crippen LogP contribution is 2.22. The van der Waals surface area contributed by atoms with E-state index in [4.69, 9.17) is 9.47 Å². The smallest absolute Gasteiger partial charge is 0.238 e. The predicted molar refractivity (Wildman–Crippen MR) is 122 cm³/mol. The van der Waals surface area contributed by atoms with Crippen LogP contribution < -0.4 is 9.47 Å². The molecule has 4 aromatic rings. The Labute approximate surface area is 183 Å². The van der Waals surface area contributed by atoms with Gasteiger partial charge in [0, 0.05) is 29.8 Å². The fraction of sp³-hybridized carbons (Fsp3) is 0.304. The second kappa shape index (κ2) is 10.4. The van der Waals surface area contributed by atoms with Crippen LogP contribution in [-0.4, -0.2) is 43.3 Å². The van der Waals surface area contributed by atoms with E-state index in [9.17, 15) is 0 Å². The average Bonchev–Trinajstić information content (AvgIpc) is 3.36. The molecule has 0 N–H and O–H groups in total. The molecule has 4 aromatic heterocycles. The van der Waals surface area contributed by atoms with E-state index in [2.05, 4.69) is 19.9 Å². The summed E-state index contributed by atoms with van der Waals surface area (Å²) in [5, 5.41) is 0.